The van der Waals surface area contributed by atoms with E-state index in [4.69, 9.17) is 9.26 Å². The van der Waals surface area contributed by atoms with Gasteiger partial charge in [-0.1, -0.05) is 5.16 Å². The van der Waals surface area contributed by atoms with Crippen LogP contribution < -0.4 is 0 Å². The maximum Gasteiger partial charge on any atom is 0.251 e. The van der Waals surface area contributed by atoms with Crippen molar-refractivity contribution in [2.45, 2.75) is 37.7 Å². The van der Waals surface area contributed by atoms with Crippen LogP contribution in [0.3, 0.4) is 0 Å². The Morgan fingerprint density at radius 3 is 2.22 bits per heavy atom. The minimum Gasteiger partial charge on any atom is -0.368 e. The molecule has 4 heterocycles. The monoisotopic (exact) mass is 469 g/mol. The number of sulfonamides is 1. The van der Waals surface area contributed by atoms with E-state index in [1.54, 1.807) is 18.7 Å². The van der Waals surface area contributed by atoms with Crippen LogP contribution in [0, 0.1) is 13.8 Å². The van der Waals surface area contributed by atoms with Crippen LogP contribution in [0.1, 0.15) is 24.3 Å². The zero-order valence-corrected chi connectivity index (χ0v) is 19.5. The van der Waals surface area contributed by atoms with Crippen LogP contribution in [0.15, 0.2) is 9.42 Å². The van der Waals surface area contributed by atoms with Crippen molar-refractivity contribution in [1.29, 1.82) is 0 Å². The first-order valence-electron chi connectivity index (χ1n) is 11.1. The molecule has 3 saturated heterocycles. The highest BCUT2D eigenvalue weighted by Gasteiger charge is 2.35. The number of rotatable bonds is 5. The second-order valence-corrected chi connectivity index (χ2v) is 10.4. The molecule has 1 aromatic rings. The number of nitrogens with zero attached hydrogens (tertiary/aromatic N) is 5. The van der Waals surface area contributed by atoms with Gasteiger partial charge in [0.05, 0.1) is 6.54 Å². The van der Waals surface area contributed by atoms with E-state index in [1.165, 1.54) is 4.31 Å². The number of aryl methyl sites for hydroxylation is 2. The first-order chi connectivity index (χ1) is 15.3. The van der Waals surface area contributed by atoms with Crippen LogP contribution in [0.2, 0.25) is 0 Å². The normalized spacial score (nSPS) is 23.6. The first-order valence-corrected chi connectivity index (χ1v) is 12.5. The van der Waals surface area contributed by atoms with E-state index >= 15 is 0 Å². The molecule has 0 aromatic carbocycles. The Morgan fingerprint density at radius 1 is 1.00 bits per heavy atom. The fraction of sp³-hybridized carbons (Fsp3) is 0.750. The van der Waals surface area contributed by atoms with E-state index in [9.17, 15) is 18.0 Å². The van der Waals surface area contributed by atoms with Gasteiger partial charge in [0.15, 0.2) is 5.76 Å². The van der Waals surface area contributed by atoms with E-state index < -0.39 is 10.0 Å². The Bertz CT molecular complexity index is 922. The highest BCUT2D eigenvalue weighted by molar-refractivity contribution is 7.89. The van der Waals surface area contributed by atoms with Gasteiger partial charge in [-0.25, -0.2) is 8.42 Å². The Labute approximate surface area is 188 Å². The fourth-order valence-electron chi connectivity index (χ4n) is 4.54. The van der Waals surface area contributed by atoms with Gasteiger partial charge in [-0.15, -0.1) is 0 Å². The zero-order chi connectivity index (χ0) is 22.9. The molecule has 0 spiro atoms. The molecule has 0 aliphatic carbocycles. The average molecular weight is 470 g/mol. The van der Waals surface area contributed by atoms with Crippen LogP contribution in [0.5, 0.6) is 0 Å². The molecule has 12 heteroatoms. The molecule has 0 saturated carbocycles. The third-order valence-electron chi connectivity index (χ3n) is 6.41. The molecule has 1 atom stereocenters. The van der Waals surface area contributed by atoms with Crippen molar-refractivity contribution in [1.82, 2.24) is 24.2 Å². The summed E-state index contributed by atoms with van der Waals surface area (Å²) in [4.78, 5) is 30.9. The number of piperazine rings is 2. The third-order valence-corrected chi connectivity index (χ3v) is 8.55. The average Bonchev–Trinajstić information content (AvgIpc) is 3.44. The summed E-state index contributed by atoms with van der Waals surface area (Å²) in [6.45, 7) is 7.76. The van der Waals surface area contributed by atoms with Crippen molar-refractivity contribution in [2.24, 2.45) is 0 Å². The van der Waals surface area contributed by atoms with Crippen LogP contribution in [-0.2, 0) is 24.3 Å². The first kappa shape index (κ1) is 23.1. The lowest BCUT2D eigenvalue weighted by Gasteiger charge is -2.38. The SMILES string of the molecule is Cc1noc(C)c1S(=O)(=O)N1CCN(C(=O)CN2CCN(C(=O)C3CCCO3)CC2)CC1. The summed E-state index contributed by atoms with van der Waals surface area (Å²) in [6, 6.07) is 0. The van der Waals surface area contributed by atoms with Crippen molar-refractivity contribution in [3.8, 4) is 0 Å². The molecule has 0 radical (unpaired) electrons. The number of aromatic nitrogens is 1. The number of amides is 2. The summed E-state index contributed by atoms with van der Waals surface area (Å²) in [5.41, 5.74) is 0.345. The van der Waals surface area contributed by atoms with Crippen molar-refractivity contribution in [3.05, 3.63) is 11.5 Å². The quantitative estimate of drug-likeness (QED) is 0.564. The molecule has 32 heavy (non-hydrogen) atoms. The predicted molar refractivity (Wildman–Crippen MR) is 113 cm³/mol. The highest BCUT2D eigenvalue weighted by atomic mass is 32.2. The summed E-state index contributed by atoms with van der Waals surface area (Å²) in [6.07, 6.45) is 1.41. The molecule has 0 bridgehead atoms. The number of hydrogen-bond donors (Lipinski definition) is 0. The minimum absolute atomic E-state index is 0.0155. The molecule has 1 unspecified atom stereocenters. The fourth-order valence-corrected chi connectivity index (χ4v) is 6.26. The molecular formula is C20H31N5O6S. The summed E-state index contributed by atoms with van der Waals surface area (Å²) in [5, 5.41) is 3.74. The van der Waals surface area contributed by atoms with E-state index in [2.05, 4.69) is 10.1 Å². The summed E-state index contributed by atoms with van der Waals surface area (Å²) in [7, 11) is -3.70. The smallest absolute Gasteiger partial charge is 0.251 e. The number of carbonyl (C=O) groups is 2. The molecule has 11 nitrogen and oxygen atoms in total. The second kappa shape index (κ2) is 9.46. The second-order valence-electron chi connectivity index (χ2n) is 8.54. The molecule has 0 N–H and O–H groups in total. The minimum atomic E-state index is -3.70. The van der Waals surface area contributed by atoms with Gasteiger partial charge in [0, 0.05) is 59.0 Å². The molecule has 178 valence electrons. The Morgan fingerprint density at radius 2 is 1.66 bits per heavy atom. The summed E-state index contributed by atoms with van der Waals surface area (Å²) >= 11 is 0. The largest absolute Gasteiger partial charge is 0.368 e. The van der Waals surface area contributed by atoms with Crippen LogP contribution in [-0.4, -0.2) is 116 Å². The lowest BCUT2D eigenvalue weighted by molar-refractivity contribution is -0.143. The van der Waals surface area contributed by atoms with Crippen LogP contribution in [0.25, 0.3) is 0 Å². The maximum atomic E-state index is 12.9. The molecule has 4 rings (SSSR count). The van der Waals surface area contributed by atoms with Gasteiger partial charge in [0.25, 0.3) is 5.91 Å². The van der Waals surface area contributed by atoms with Crippen molar-refractivity contribution < 1.29 is 27.3 Å². The maximum absolute atomic E-state index is 12.9. The number of ether oxygens (including phenoxy) is 1. The third kappa shape index (κ3) is 4.68. The van der Waals surface area contributed by atoms with Gasteiger partial charge in [-0.3, -0.25) is 14.5 Å². The molecule has 3 aliphatic rings. The molecule has 2 amide bonds. The van der Waals surface area contributed by atoms with Crippen LogP contribution >= 0.6 is 0 Å². The van der Waals surface area contributed by atoms with Crippen molar-refractivity contribution >= 4 is 21.8 Å². The Kier molecular flexibility index (Phi) is 6.84. The van der Waals surface area contributed by atoms with Gasteiger partial charge in [0.1, 0.15) is 16.7 Å². The van der Waals surface area contributed by atoms with Gasteiger partial charge < -0.3 is 19.1 Å². The Balaban J connectivity index is 1.24. The standard InChI is InChI=1S/C20H31N5O6S/c1-15-19(16(2)31-21-15)32(28,29)25-11-9-23(10-12-25)18(26)14-22-5-7-24(8-6-22)20(27)17-4-3-13-30-17/h17H,3-14H2,1-2H3. The van der Waals surface area contributed by atoms with E-state index in [0.29, 0.717) is 51.6 Å². The van der Waals surface area contributed by atoms with Gasteiger partial charge in [-0.05, 0) is 26.7 Å². The Hall–Kier alpha value is -2.02. The number of hydrogen-bond acceptors (Lipinski definition) is 8. The topological polar surface area (TPSA) is 116 Å². The predicted octanol–water partition coefficient (Wildman–Crippen LogP) is -0.552. The van der Waals surface area contributed by atoms with Gasteiger partial charge in [0.2, 0.25) is 15.9 Å². The lowest BCUT2D eigenvalue weighted by atomic mass is 10.2. The van der Waals surface area contributed by atoms with Crippen LogP contribution in [0.4, 0.5) is 0 Å². The number of carbonyl (C=O) groups excluding carboxylic acids is 2. The van der Waals surface area contributed by atoms with Gasteiger partial charge >= 0.3 is 0 Å². The van der Waals surface area contributed by atoms with Gasteiger partial charge in [-0.2, -0.15) is 4.31 Å². The zero-order valence-electron chi connectivity index (χ0n) is 18.7. The van der Waals surface area contributed by atoms with E-state index in [1.807, 2.05) is 4.90 Å². The highest BCUT2D eigenvalue weighted by Crippen LogP contribution is 2.24. The van der Waals surface area contributed by atoms with Crippen molar-refractivity contribution in [3.63, 3.8) is 0 Å². The molecular weight excluding hydrogens is 438 g/mol. The molecule has 3 aliphatic heterocycles. The van der Waals surface area contributed by atoms with E-state index in [0.717, 1.165) is 12.8 Å². The lowest BCUT2D eigenvalue weighted by Crippen LogP contribution is -2.55. The summed E-state index contributed by atoms with van der Waals surface area (Å²) < 4.78 is 37.8. The molecule has 3 fully saturated rings. The summed E-state index contributed by atoms with van der Waals surface area (Å²) in [5.74, 6) is 0.320. The van der Waals surface area contributed by atoms with Crippen molar-refractivity contribution in [2.75, 3.05) is 65.5 Å². The molecule has 1 aromatic heterocycles. The van der Waals surface area contributed by atoms with E-state index in [-0.39, 0.29) is 48.2 Å².